The Morgan fingerprint density at radius 1 is 1.24 bits per heavy atom. The maximum absolute atomic E-state index is 10.9. The molecule has 0 aromatic carbocycles. The van der Waals surface area contributed by atoms with E-state index in [9.17, 15) is 4.79 Å². The Labute approximate surface area is 101 Å². The summed E-state index contributed by atoms with van der Waals surface area (Å²) in [6.07, 6.45) is 3.57. The molecule has 1 saturated heterocycles. The SMILES string of the molecule is CC1(C)OB(c2cncnc2C=O)OC1(C)C. The normalized spacial score (nSPS) is 21.5. The molecule has 0 unspecified atom stereocenters. The van der Waals surface area contributed by atoms with Crippen molar-refractivity contribution in [2.45, 2.75) is 38.9 Å². The zero-order chi connectivity index (χ0) is 12.7. The molecule has 5 nitrogen and oxygen atoms in total. The minimum Gasteiger partial charge on any atom is -0.399 e. The third-order valence-corrected chi connectivity index (χ3v) is 3.39. The Bertz CT molecular complexity index is 432. The zero-order valence-corrected chi connectivity index (χ0v) is 10.4. The van der Waals surface area contributed by atoms with Crippen molar-refractivity contribution in [3.05, 3.63) is 18.2 Å². The van der Waals surface area contributed by atoms with Crippen LogP contribution >= 0.6 is 0 Å². The lowest BCUT2D eigenvalue weighted by atomic mass is 9.79. The van der Waals surface area contributed by atoms with E-state index in [4.69, 9.17) is 9.31 Å². The van der Waals surface area contributed by atoms with Crippen molar-refractivity contribution in [3.63, 3.8) is 0 Å². The molecule has 6 heteroatoms. The van der Waals surface area contributed by atoms with E-state index >= 15 is 0 Å². The van der Waals surface area contributed by atoms with E-state index in [1.807, 2.05) is 27.7 Å². The fourth-order valence-electron chi connectivity index (χ4n) is 1.60. The Morgan fingerprint density at radius 2 is 1.82 bits per heavy atom. The molecule has 0 saturated carbocycles. The number of carbonyl (C=O) groups is 1. The minimum atomic E-state index is -0.596. The molecule has 0 radical (unpaired) electrons. The van der Waals surface area contributed by atoms with Crippen molar-refractivity contribution < 1.29 is 14.1 Å². The summed E-state index contributed by atoms with van der Waals surface area (Å²) in [5.41, 5.74) is 0.000990. The van der Waals surface area contributed by atoms with Crippen LogP contribution in [0, 0.1) is 0 Å². The standard InChI is InChI=1S/C11H15BN2O3/c1-10(2)11(3,4)17-12(16-10)8-5-13-7-14-9(8)6-15/h5-7H,1-4H3. The van der Waals surface area contributed by atoms with Gasteiger partial charge in [0.2, 0.25) is 0 Å². The third kappa shape index (κ3) is 1.98. The summed E-state index contributed by atoms with van der Waals surface area (Å²) in [5.74, 6) is 0. The molecule has 0 atom stereocenters. The van der Waals surface area contributed by atoms with E-state index in [0.717, 1.165) is 0 Å². The molecule has 17 heavy (non-hydrogen) atoms. The number of aldehydes is 1. The van der Waals surface area contributed by atoms with Crippen LogP contribution in [-0.4, -0.2) is 34.6 Å². The van der Waals surface area contributed by atoms with Gasteiger partial charge in [-0.05, 0) is 27.7 Å². The molecule has 1 aromatic heterocycles. The molecule has 0 spiro atoms. The van der Waals surface area contributed by atoms with Gasteiger partial charge in [0.25, 0.3) is 0 Å². The summed E-state index contributed by atoms with van der Waals surface area (Å²) < 4.78 is 11.7. The van der Waals surface area contributed by atoms with Gasteiger partial charge < -0.3 is 9.31 Å². The largest absolute Gasteiger partial charge is 0.498 e. The number of carbonyl (C=O) groups excluding carboxylic acids is 1. The maximum atomic E-state index is 10.9. The molecule has 2 heterocycles. The van der Waals surface area contributed by atoms with Crippen molar-refractivity contribution in [2.75, 3.05) is 0 Å². The average Bonchev–Trinajstić information content (AvgIpc) is 2.48. The van der Waals surface area contributed by atoms with Crippen molar-refractivity contribution >= 4 is 18.9 Å². The molecular formula is C11H15BN2O3. The predicted octanol–water partition coefficient (Wildman–Crippen LogP) is 0.588. The van der Waals surface area contributed by atoms with Crippen molar-refractivity contribution in [2.24, 2.45) is 0 Å². The first kappa shape index (κ1) is 12.2. The first-order chi connectivity index (χ1) is 7.87. The van der Waals surface area contributed by atoms with E-state index in [2.05, 4.69) is 9.97 Å². The van der Waals surface area contributed by atoms with Crippen LogP contribution in [0.15, 0.2) is 12.5 Å². The number of nitrogens with zero attached hydrogens (tertiary/aromatic N) is 2. The van der Waals surface area contributed by atoms with Crippen LogP contribution in [0.25, 0.3) is 0 Å². The van der Waals surface area contributed by atoms with E-state index in [1.165, 1.54) is 6.33 Å². The average molecular weight is 234 g/mol. The summed E-state index contributed by atoms with van der Waals surface area (Å²) in [7, 11) is -0.596. The van der Waals surface area contributed by atoms with Crippen LogP contribution < -0.4 is 5.46 Å². The van der Waals surface area contributed by atoms with Gasteiger partial charge in [-0.3, -0.25) is 4.79 Å². The van der Waals surface area contributed by atoms with Crippen molar-refractivity contribution in [3.8, 4) is 0 Å². The van der Waals surface area contributed by atoms with Gasteiger partial charge >= 0.3 is 7.12 Å². The van der Waals surface area contributed by atoms with Crippen LogP contribution in [0.4, 0.5) is 0 Å². The molecule has 1 aromatic rings. The summed E-state index contributed by atoms with van der Waals surface area (Å²) in [5, 5.41) is 0. The third-order valence-electron chi connectivity index (χ3n) is 3.39. The first-order valence-electron chi connectivity index (χ1n) is 5.48. The molecule has 0 aliphatic carbocycles. The maximum Gasteiger partial charge on any atom is 0.498 e. The van der Waals surface area contributed by atoms with E-state index in [-0.39, 0.29) is 0 Å². The van der Waals surface area contributed by atoms with Gasteiger partial charge in [0.05, 0.1) is 11.2 Å². The van der Waals surface area contributed by atoms with Gasteiger partial charge in [0.15, 0.2) is 6.29 Å². The van der Waals surface area contributed by atoms with Crippen LogP contribution in [0.5, 0.6) is 0 Å². The lowest BCUT2D eigenvalue weighted by Gasteiger charge is -2.32. The molecular weight excluding hydrogens is 219 g/mol. The second kappa shape index (κ2) is 3.89. The fraction of sp³-hybridized carbons (Fsp3) is 0.545. The highest BCUT2D eigenvalue weighted by molar-refractivity contribution is 6.63. The first-order valence-corrected chi connectivity index (χ1v) is 5.48. The smallest absolute Gasteiger partial charge is 0.399 e. The summed E-state index contributed by atoms with van der Waals surface area (Å²) >= 11 is 0. The van der Waals surface area contributed by atoms with Gasteiger partial charge in [-0.25, -0.2) is 9.97 Å². The van der Waals surface area contributed by atoms with Gasteiger partial charge in [-0.1, -0.05) is 0 Å². The second-order valence-corrected chi connectivity index (χ2v) is 5.07. The summed E-state index contributed by atoms with van der Waals surface area (Å²) in [4.78, 5) is 18.7. The summed E-state index contributed by atoms with van der Waals surface area (Å²) in [6, 6.07) is 0. The number of hydrogen-bond donors (Lipinski definition) is 0. The lowest BCUT2D eigenvalue weighted by molar-refractivity contribution is 0.00578. The van der Waals surface area contributed by atoms with Crippen LogP contribution in [0.1, 0.15) is 38.2 Å². The fourth-order valence-corrected chi connectivity index (χ4v) is 1.60. The summed E-state index contributed by atoms with van der Waals surface area (Å²) in [6.45, 7) is 7.82. The monoisotopic (exact) mass is 234 g/mol. The lowest BCUT2D eigenvalue weighted by Crippen LogP contribution is -2.41. The molecule has 2 rings (SSSR count). The molecule has 0 N–H and O–H groups in total. The Balaban J connectivity index is 2.35. The van der Waals surface area contributed by atoms with E-state index in [1.54, 1.807) is 6.20 Å². The van der Waals surface area contributed by atoms with Crippen molar-refractivity contribution in [1.82, 2.24) is 9.97 Å². The molecule has 1 fully saturated rings. The minimum absolute atomic E-state index is 0.304. The molecule has 1 aliphatic heterocycles. The molecule has 0 amide bonds. The Morgan fingerprint density at radius 3 is 2.35 bits per heavy atom. The Kier molecular flexibility index (Phi) is 2.79. The van der Waals surface area contributed by atoms with E-state index in [0.29, 0.717) is 17.4 Å². The molecule has 90 valence electrons. The quantitative estimate of drug-likeness (QED) is 0.553. The van der Waals surface area contributed by atoms with Crippen LogP contribution in [-0.2, 0) is 9.31 Å². The van der Waals surface area contributed by atoms with Crippen molar-refractivity contribution in [1.29, 1.82) is 0 Å². The highest BCUT2D eigenvalue weighted by atomic mass is 16.7. The van der Waals surface area contributed by atoms with Crippen LogP contribution in [0.3, 0.4) is 0 Å². The highest BCUT2D eigenvalue weighted by Crippen LogP contribution is 2.36. The number of aromatic nitrogens is 2. The second-order valence-electron chi connectivity index (χ2n) is 5.07. The zero-order valence-electron chi connectivity index (χ0n) is 10.4. The van der Waals surface area contributed by atoms with Gasteiger partial charge in [0, 0.05) is 11.7 Å². The Hall–Kier alpha value is -1.27. The van der Waals surface area contributed by atoms with Gasteiger partial charge in [0.1, 0.15) is 12.0 Å². The predicted molar refractivity (Wildman–Crippen MR) is 63.1 cm³/mol. The highest BCUT2D eigenvalue weighted by Gasteiger charge is 2.52. The molecule has 0 bridgehead atoms. The topological polar surface area (TPSA) is 61.3 Å². The van der Waals surface area contributed by atoms with E-state index < -0.39 is 18.3 Å². The van der Waals surface area contributed by atoms with Gasteiger partial charge in [-0.15, -0.1) is 0 Å². The van der Waals surface area contributed by atoms with Crippen LogP contribution in [0.2, 0.25) is 0 Å². The number of hydrogen-bond acceptors (Lipinski definition) is 5. The molecule has 1 aliphatic rings. The van der Waals surface area contributed by atoms with Gasteiger partial charge in [-0.2, -0.15) is 0 Å². The number of rotatable bonds is 2.